The molecular formula is C17H17F2N3S. The van der Waals surface area contributed by atoms with Crippen LogP contribution in [0.3, 0.4) is 0 Å². The van der Waals surface area contributed by atoms with E-state index >= 15 is 0 Å². The van der Waals surface area contributed by atoms with Crippen LogP contribution < -0.4 is 4.90 Å². The molecule has 0 atom stereocenters. The van der Waals surface area contributed by atoms with Crippen molar-refractivity contribution < 1.29 is 8.78 Å². The molecule has 0 spiro atoms. The van der Waals surface area contributed by atoms with Crippen molar-refractivity contribution in [2.75, 3.05) is 24.2 Å². The van der Waals surface area contributed by atoms with Crippen molar-refractivity contribution in [2.24, 2.45) is 0 Å². The van der Waals surface area contributed by atoms with Crippen molar-refractivity contribution in [3.63, 3.8) is 0 Å². The van der Waals surface area contributed by atoms with Crippen molar-refractivity contribution in [1.82, 2.24) is 9.97 Å². The number of anilines is 1. The Morgan fingerprint density at radius 3 is 2.74 bits per heavy atom. The van der Waals surface area contributed by atoms with Crippen LogP contribution in [0.15, 0.2) is 29.2 Å². The molecule has 0 saturated carbocycles. The van der Waals surface area contributed by atoms with Gasteiger partial charge in [-0.1, -0.05) is 12.1 Å². The van der Waals surface area contributed by atoms with Crippen LogP contribution in [0.25, 0.3) is 11.3 Å². The fourth-order valence-electron chi connectivity index (χ4n) is 3.08. The van der Waals surface area contributed by atoms with Crippen molar-refractivity contribution in [3.05, 3.63) is 35.5 Å². The van der Waals surface area contributed by atoms with Gasteiger partial charge in [0.05, 0.1) is 5.69 Å². The van der Waals surface area contributed by atoms with E-state index in [0.29, 0.717) is 23.6 Å². The zero-order valence-electron chi connectivity index (χ0n) is 12.9. The number of nitrogens with zero attached hydrogens (tertiary/aromatic N) is 3. The Hall–Kier alpha value is -1.69. The first-order valence-corrected chi connectivity index (χ1v) is 8.99. The highest BCUT2D eigenvalue weighted by Crippen LogP contribution is 2.44. The van der Waals surface area contributed by atoms with E-state index in [9.17, 15) is 8.78 Å². The topological polar surface area (TPSA) is 29.0 Å². The summed E-state index contributed by atoms with van der Waals surface area (Å²) in [5.74, 6) is -2.40. The zero-order chi connectivity index (χ0) is 16.0. The third-order valence-corrected chi connectivity index (χ3v) is 5.24. The van der Waals surface area contributed by atoms with Gasteiger partial charge >= 0.3 is 0 Å². The molecule has 1 aliphatic carbocycles. The monoisotopic (exact) mass is 333 g/mol. The second kappa shape index (κ2) is 5.44. The normalized spacial score (nSPS) is 18.7. The highest BCUT2D eigenvalue weighted by molar-refractivity contribution is 7.98. The van der Waals surface area contributed by atoms with E-state index in [1.165, 1.54) is 0 Å². The van der Waals surface area contributed by atoms with Gasteiger partial charge in [-0.3, -0.25) is 0 Å². The third kappa shape index (κ3) is 2.49. The Labute approximate surface area is 138 Å². The number of halogens is 2. The van der Waals surface area contributed by atoms with Crippen LogP contribution in [0.4, 0.5) is 14.7 Å². The van der Waals surface area contributed by atoms with Gasteiger partial charge in [0.25, 0.3) is 5.92 Å². The number of alkyl halides is 2. The van der Waals surface area contributed by atoms with Crippen molar-refractivity contribution in [1.29, 1.82) is 0 Å². The second-order valence-electron chi connectivity index (χ2n) is 5.98. The van der Waals surface area contributed by atoms with Gasteiger partial charge in [0.15, 0.2) is 0 Å². The summed E-state index contributed by atoms with van der Waals surface area (Å²) >= 11 is 1.63. The van der Waals surface area contributed by atoms with Gasteiger partial charge in [-0.05, 0) is 31.2 Å². The number of hydrogen-bond donors (Lipinski definition) is 0. The molecule has 2 aromatic rings. The zero-order valence-corrected chi connectivity index (χ0v) is 13.7. The summed E-state index contributed by atoms with van der Waals surface area (Å²) in [6.45, 7) is 1.68. The predicted octanol–water partition coefficient (Wildman–Crippen LogP) is 4.11. The molecule has 0 bridgehead atoms. The number of aromatic nitrogens is 2. The summed E-state index contributed by atoms with van der Waals surface area (Å²) < 4.78 is 28.5. The molecule has 1 aliphatic heterocycles. The maximum absolute atomic E-state index is 14.2. The molecule has 0 N–H and O–H groups in total. The van der Waals surface area contributed by atoms with Crippen LogP contribution in [0.5, 0.6) is 0 Å². The van der Waals surface area contributed by atoms with Crippen LogP contribution in [0.1, 0.15) is 24.1 Å². The lowest BCUT2D eigenvalue weighted by molar-refractivity contribution is -0.00593. The average Bonchev–Trinajstić information content (AvgIpc) is 2.81. The van der Waals surface area contributed by atoms with Crippen LogP contribution in [0.2, 0.25) is 0 Å². The quantitative estimate of drug-likeness (QED) is 0.791. The van der Waals surface area contributed by atoms with Crippen LogP contribution >= 0.6 is 11.8 Å². The van der Waals surface area contributed by atoms with Gasteiger partial charge in [-0.2, -0.15) is 8.78 Å². The second-order valence-corrected chi connectivity index (χ2v) is 6.86. The number of thioether (sulfide) groups is 1. The summed E-state index contributed by atoms with van der Waals surface area (Å²) in [7, 11) is 0. The SMILES string of the molecule is CSc1cccc(-c2nc(N3CCC3)nc3c2CCC3(F)F)c1. The largest absolute Gasteiger partial charge is 0.341 e. The van der Waals surface area contributed by atoms with Gasteiger partial charge in [0.2, 0.25) is 5.95 Å². The van der Waals surface area contributed by atoms with Crippen molar-refractivity contribution in [2.45, 2.75) is 30.1 Å². The van der Waals surface area contributed by atoms with Gasteiger partial charge in [0, 0.05) is 35.5 Å². The summed E-state index contributed by atoms with van der Waals surface area (Å²) in [6.07, 6.45) is 3.23. The molecule has 1 aromatic heterocycles. The van der Waals surface area contributed by atoms with Crippen LogP contribution in [-0.2, 0) is 12.3 Å². The fourth-order valence-corrected chi connectivity index (χ4v) is 3.54. The van der Waals surface area contributed by atoms with Gasteiger partial charge in [-0.15, -0.1) is 11.8 Å². The molecule has 23 heavy (non-hydrogen) atoms. The summed E-state index contributed by atoms with van der Waals surface area (Å²) in [4.78, 5) is 11.9. The highest BCUT2D eigenvalue weighted by Gasteiger charge is 2.43. The molecule has 6 heteroatoms. The maximum Gasteiger partial charge on any atom is 0.290 e. The standard InChI is InChI=1S/C17H17F2N3S/c1-23-12-5-2-4-11(10-12)14-13-6-7-17(18,19)15(13)21-16(20-14)22-8-3-9-22/h2,4-5,10H,3,6-9H2,1H3. The molecule has 2 heterocycles. The number of hydrogen-bond acceptors (Lipinski definition) is 4. The van der Waals surface area contributed by atoms with Gasteiger partial charge in [-0.25, -0.2) is 9.97 Å². The molecule has 2 aliphatic rings. The molecule has 0 radical (unpaired) electrons. The molecule has 120 valence electrons. The maximum atomic E-state index is 14.2. The minimum atomic E-state index is -2.84. The van der Waals surface area contributed by atoms with Crippen molar-refractivity contribution >= 4 is 17.7 Å². The molecule has 1 fully saturated rings. The first kappa shape index (κ1) is 14.9. The molecule has 0 amide bonds. The van der Waals surface area contributed by atoms with Crippen molar-refractivity contribution in [3.8, 4) is 11.3 Å². The van der Waals surface area contributed by atoms with E-state index in [0.717, 1.165) is 30.0 Å². The first-order chi connectivity index (χ1) is 11.1. The van der Waals surface area contributed by atoms with Crippen LogP contribution in [0, 0.1) is 0 Å². The Morgan fingerprint density at radius 2 is 2.04 bits per heavy atom. The summed E-state index contributed by atoms with van der Waals surface area (Å²) in [6, 6.07) is 7.93. The Kier molecular flexibility index (Phi) is 3.52. The Balaban J connectivity index is 1.89. The summed E-state index contributed by atoms with van der Waals surface area (Å²) in [5.41, 5.74) is 2.11. The number of benzene rings is 1. The summed E-state index contributed by atoms with van der Waals surface area (Å²) in [5, 5.41) is 0. The molecule has 1 saturated heterocycles. The highest BCUT2D eigenvalue weighted by atomic mass is 32.2. The van der Waals surface area contributed by atoms with E-state index in [1.54, 1.807) is 11.8 Å². The minimum absolute atomic E-state index is 0.0704. The van der Waals surface area contributed by atoms with Gasteiger partial charge in [0.1, 0.15) is 5.69 Å². The molecule has 0 unspecified atom stereocenters. The Bertz CT molecular complexity index is 759. The first-order valence-electron chi connectivity index (χ1n) is 7.77. The predicted molar refractivity (Wildman–Crippen MR) is 88.3 cm³/mol. The number of rotatable bonds is 3. The Morgan fingerprint density at radius 1 is 1.22 bits per heavy atom. The van der Waals surface area contributed by atoms with Gasteiger partial charge < -0.3 is 4.90 Å². The van der Waals surface area contributed by atoms with E-state index in [-0.39, 0.29) is 12.1 Å². The van der Waals surface area contributed by atoms with E-state index in [4.69, 9.17) is 0 Å². The lowest BCUT2D eigenvalue weighted by atomic mass is 10.1. The molecule has 1 aromatic carbocycles. The third-order valence-electron chi connectivity index (χ3n) is 4.51. The fraction of sp³-hybridized carbons (Fsp3) is 0.412. The van der Waals surface area contributed by atoms with E-state index < -0.39 is 5.92 Å². The minimum Gasteiger partial charge on any atom is -0.341 e. The molecule has 3 nitrogen and oxygen atoms in total. The average molecular weight is 333 g/mol. The van der Waals surface area contributed by atoms with E-state index in [2.05, 4.69) is 9.97 Å². The van der Waals surface area contributed by atoms with Crippen LogP contribution in [-0.4, -0.2) is 29.3 Å². The molecular weight excluding hydrogens is 316 g/mol. The molecule has 4 rings (SSSR count). The smallest absolute Gasteiger partial charge is 0.290 e. The number of fused-ring (bicyclic) bond motifs is 1. The van der Waals surface area contributed by atoms with E-state index in [1.807, 2.05) is 35.4 Å². The lowest BCUT2D eigenvalue weighted by Gasteiger charge is -2.31. The lowest BCUT2D eigenvalue weighted by Crippen LogP contribution is -2.38.